The summed E-state index contributed by atoms with van der Waals surface area (Å²) in [6.45, 7) is 1.62. The van der Waals surface area contributed by atoms with E-state index in [1.807, 2.05) is 38.0 Å². The highest BCUT2D eigenvalue weighted by molar-refractivity contribution is 7.99. The summed E-state index contributed by atoms with van der Waals surface area (Å²) in [7, 11) is 7.67. The Morgan fingerprint density at radius 2 is 1.55 bits per heavy atom. The van der Waals surface area contributed by atoms with Crippen molar-refractivity contribution in [3.8, 4) is 17.0 Å². The van der Waals surface area contributed by atoms with Crippen molar-refractivity contribution < 1.29 is 30.3 Å². The molecule has 0 amide bonds. The molecule has 0 unspecified atom stereocenters. The summed E-state index contributed by atoms with van der Waals surface area (Å²) < 4.78 is 9.65. The third-order valence-electron chi connectivity index (χ3n) is 9.59. The number of aliphatic hydroxyl groups is 4. The molecule has 286 valence electrons. The molecule has 1 saturated heterocycles. The fourth-order valence-corrected chi connectivity index (χ4v) is 7.94. The maximum Gasteiger partial charge on any atom is 0.263 e. The Morgan fingerprint density at radius 3 is 2.23 bits per heavy atom. The summed E-state index contributed by atoms with van der Waals surface area (Å²) in [4.78, 5) is 50.6. The number of ether oxygens (including phenoxy) is 1. The highest BCUT2D eigenvalue weighted by Gasteiger charge is 2.43. The van der Waals surface area contributed by atoms with Crippen LogP contribution in [0.1, 0.15) is 18.5 Å². The third kappa shape index (κ3) is 7.68. The van der Waals surface area contributed by atoms with Gasteiger partial charge in [-0.3, -0.25) is 33.2 Å². The molecular weight excluding hydrogens is 708 g/mol. The number of nitrogens with zero attached hydrogens (tertiary/aromatic N) is 8. The maximum absolute atomic E-state index is 14.2. The molecule has 0 saturated carbocycles. The molecule has 0 bridgehead atoms. The molecule has 3 aromatic rings. The van der Waals surface area contributed by atoms with Gasteiger partial charge in [-0.25, -0.2) is 0 Å². The lowest BCUT2D eigenvalue weighted by Crippen LogP contribution is -2.57. The molecular formula is C35H46N8O9S. The van der Waals surface area contributed by atoms with E-state index in [2.05, 4.69) is 10.3 Å². The van der Waals surface area contributed by atoms with Crippen molar-refractivity contribution in [3.05, 3.63) is 66.5 Å². The van der Waals surface area contributed by atoms with Crippen LogP contribution in [0, 0.1) is 0 Å². The van der Waals surface area contributed by atoms with Crippen LogP contribution in [0.4, 0.5) is 0 Å². The molecule has 0 radical (unpaired) electrons. The highest BCUT2D eigenvalue weighted by atomic mass is 32.2. The van der Waals surface area contributed by atoms with E-state index in [0.717, 1.165) is 0 Å². The fraction of sp³-hybridized carbons (Fsp3) is 0.543. The SMILES string of the molecule is CN(C)CCCn1c(O)c2ccc3c4c2c(c(=NCc2cn(CCS[C@@H]5O[C@H](CO)[C@H](O)[C@H](O)[C@H]5O)nn2)cc-4c(=O)n(CCCN(C)C)c3=O)c1=O. The van der Waals surface area contributed by atoms with Gasteiger partial charge in [0.25, 0.3) is 16.7 Å². The van der Waals surface area contributed by atoms with Gasteiger partial charge in [0.1, 0.15) is 35.5 Å². The van der Waals surface area contributed by atoms with E-state index in [1.165, 1.54) is 20.9 Å². The first-order valence-electron chi connectivity index (χ1n) is 17.5. The normalized spacial score (nSPS) is 21.4. The van der Waals surface area contributed by atoms with Crippen molar-refractivity contribution in [3.63, 3.8) is 0 Å². The third-order valence-corrected chi connectivity index (χ3v) is 10.7. The van der Waals surface area contributed by atoms with Crippen molar-refractivity contribution in [2.45, 2.75) is 68.9 Å². The van der Waals surface area contributed by atoms with E-state index in [9.17, 15) is 39.9 Å². The molecule has 53 heavy (non-hydrogen) atoms. The number of rotatable bonds is 15. The van der Waals surface area contributed by atoms with E-state index in [1.54, 1.807) is 29.1 Å². The first kappa shape index (κ1) is 38.7. The largest absolute Gasteiger partial charge is 0.494 e. The number of benzene rings is 2. The number of aliphatic hydroxyl groups excluding tert-OH is 4. The highest BCUT2D eigenvalue weighted by Crippen LogP contribution is 2.37. The fourth-order valence-electron chi connectivity index (χ4n) is 6.84. The molecule has 2 aromatic heterocycles. The average Bonchev–Trinajstić information content (AvgIpc) is 3.58. The van der Waals surface area contributed by atoms with Crippen LogP contribution in [0.2, 0.25) is 0 Å². The van der Waals surface area contributed by atoms with E-state index >= 15 is 0 Å². The van der Waals surface area contributed by atoms with Crippen LogP contribution in [0.5, 0.6) is 5.88 Å². The predicted molar refractivity (Wildman–Crippen MR) is 199 cm³/mol. The van der Waals surface area contributed by atoms with Gasteiger partial charge in [-0.05, 0) is 72.3 Å². The molecule has 17 nitrogen and oxygen atoms in total. The zero-order valence-corrected chi connectivity index (χ0v) is 30.9. The smallest absolute Gasteiger partial charge is 0.263 e. The number of pyridine rings is 2. The van der Waals surface area contributed by atoms with Crippen LogP contribution in [0.15, 0.2) is 43.8 Å². The molecule has 3 aliphatic rings. The Bertz CT molecular complexity index is 2250. The second-order valence-corrected chi connectivity index (χ2v) is 15.1. The van der Waals surface area contributed by atoms with Gasteiger partial charge in [-0.1, -0.05) is 5.21 Å². The summed E-state index contributed by atoms with van der Waals surface area (Å²) in [5.74, 6) is 0.143. The number of aromatic hydroxyl groups is 1. The molecule has 0 spiro atoms. The van der Waals surface area contributed by atoms with E-state index in [0.29, 0.717) is 60.3 Å². The molecule has 1 fully saturated rings. The van der Waals surface area contributed by atoms with Gasteiger partial charge in [0.2, 0.25) is 5.88 Å². The van der Waals surface area contributed by atoms with Gasteiger partial charge in [-0.2, -0.15) is 0 Å². The van der Waals surface area contributed by atoms with E-state index in [-0.39, 0.29) is 47.2 Å². The lowest BCUT2D eigenvalue weighted by atomic mass is 9.90. The molecule has 2 aliphatic heterocycles. The first-order chi connectivity index (χ1) is 25.3. The standard InChI is InChI=1S/C35H46N8O9S/c1-39(2)9-5-11-42-31(48)20-7-8-21-26-25(20)22(33(42)50)15-23(27(26)34(51)43(32(21)49)12-6-10-40(3)4)36-16-19-17-41(38-37-19)13-14-53-35-30(47)29(46)28(45)24(18-44)52-35/h7-8,15,17,24,28-30,35,44-47,49H,5-6,9-14,16,18H2,1-4H3/t24-,28+,29+,30-,35+/m1/s1. The van der Waals surface area contributed by atoms with Gasteiger partial charge >= 0.3 is 0 Å². The summed E-state index contributed by atoms with van der Waals surface area (Å²) >= 11 is 1.19. The van der Waals surface area contributed by atoms with Crippen LogP contribution < -0.4 is 22.0 Å². The number of aryl methyl sites for hydroxylation is 1. The van der Waals surface area contributed by atoms with Crippen LogP contribution >= 0.6 is 11.8 Å². The molecule has 4 heterocycles. The minimum Gasteiger partial charge on any atom is -0.494 e. The van der Waals surface area contributed by atoms with E-state index in [4.69, 9.17) is 9.73 Å². The summed E-state index contributed by atoms with van der Waals surface area (Å²) in [6, 6.07) is 4.78. The Hall–Kier alpha value is -4.01. The maximum atomic E-state index is 14.2. The second kappa shape index (κ2) is 16.2. The van der Waals surface area contributed by atoms with Crippen molar-refractivity contribution in [2.75, 3.05) is 53.6 Å². The Morgan fingerprint density at radius 1 is 0.868 bits per heavy atom. The number of hydrogen-bond acceptors (Lipinski definition) is 15. The van der Waals surface area contributed by atoms with Crippen LogP contribution in [0.25, 0.3) is 32.7 Å². The van der Waals surface area contributed by atoms with Crippen molar-refractivity contribution in [1.29, 1.82) is 0 Å². The Kier molecular flexibility index (Phi) is 11.8. The van der Waals surface area contributed by atoms with Gasteiger partial charge in [0.05, 0.1) is 42.2 Å². The number of aromatic nitrogens is 5. The molecule has 1 aromatic carbocycles. The monoisotopic (exact) mass is 754 g/mol. The van der Waals surface area contributed by atoms with Gasteiger partial charge in [-0.15, -0.1) is 16.9 Å². The summed E-state index contributed by atoms with van der Waals surface area (Å²) in [5, 5.41) is 61.1. The lowest BCUT2D eigenvalue weighted by molar-refractivity contribution is -0.205. The quantitative estimate of drug-likeness (QED) is 0.0768. The molecule has 5 atom stereocenters. The zero-order valence-electron chi connectivity index (χ0n) is 30.1. The Balaban J connectivity index is 1.36. The summed E-state index contributed by atoms with van der Waals surface area (Å²) in [5.41, 5.74) is -1.30. The minimum absolute atomic E-state index is 0.00387. The van der Waals surface area contributed by atoms with Crippen molar-refractivity contribution >= 4 is 33.3 Å². The van der Waals surface area contributed by atoms with E-state index < -0.39 is 53.1 Å². The second-order valence-electron chi connectivity index (χ2n) is 13.9. The zero-order chi connectivity index (χ0) is 38.1. The lowest BCUT2D eigenvalue weighted by Gasteiger charge is -2.39. The van der Waals surface area contributed by atoms with Gasteiger partial charge < -0.3 is 40.1 Å². The summed E-state index contributed by atoms with van der Waals surface area (Å²) in [6.07, 6.45) is -2.42. The average molecular weight is 755 g/mol. The van der Waals surface area contributed by atoms with Crippen LogP contribution in [0.3, 0.4) is 0 Å². The topological polar surface area (TPSA) is 221 Å². The predicted octanol–water partition coefficient (Wildman–Crippen LogP) is -1.51. The Labute approximate surface area is 308 Å². The van der Waals surface area contributed by atoms with Gasteiger partial charge in [0, 0.05) is 40.6 Å². The van der Waals surface area contributed by atoms with Crippen LogP contribution in [-0.4, -0.2) is 143 Å². The molecule has 5 N–H and O–H groups in total. The molecule has 6 rings (SSSR count). The first-order valence-corrected chi connectivity index (χ1v) is 18.5. The number of thioether (sulfide) groups is 1. The van der Waals surface area contributed by atoms with Crippen molar-refractivity contribution in [2.24, 2.45) is 4.99 Å². The molecule has 18 heteroatoms. The molecule has 1 aliphatic carbocycles. The van der Waals surface area contributed by atoms with Gasteiger partial charge in [0.15, 0.2) is 0 Å². The van der Waals surface area contributed by atoms with Crippen molar-refractivity contribution in [1.82, 2.24) is 33.9 Å². The van der Waals surface area contributed by atoms with Crippen LogP contribution in [-0.2, 0) is 30.9 Å². The number of hydrogen-bond donors (Lipinski definition) is 5. The minimum atomic E-state index is -1.46.